The lowest BCUT2D eigenvalue weighted by atomic mass is 9.86. The third-order valence-corrected chi connectivity index (χ3v) is 4.17. The summed E-state index contributed by atoms with van der Waals surface area (Å²) in [4.78, 5) is 0. The molecule has 0 saturated carbocycles. The van der Waals surface area contributed by atoms with E-state index < -0.39 is 0 Å². The highest BCUT2D eigenvalue weighted by Gasteiger charge is 2.23. The molecule has 2 rings (SSSR count). The molecule has 2 N–H and O–H groups in total. The fourth-order valence-electron chi connectivity index (χ4n) is 2.15. The Morgan fingerprint density at radius 3 is 2.26 bits per heavy atom. The molecule has 1 heterocycles. The average Bonchev–Trinajstić information content (AvgIpc) is 2.60. The summed E-state index contributed by atoms with van der Waals surface area (Å²) >= 11 is 6.34. The van der Waals surface area contributed by atoms with E-state index >= 15 is 0 Å². The molecular weight excluding hydrogens is 262 g/mol. The zero-order chi connectivity index (χ0) is 14.0. The molecule has 106 valence electrons. The summed E-state index contributed by atoms with van der Waals surface area (Å²) in [7, 11) is 0. The van der Waals surface area contributed by atoms with E-state index in [2.05, 4.69) is 20.8 Å². The third-order valence-electron chi connectivity index (χ3n) is 3.84. The van der Waals surface area contributed by atoms with Crippen molar-refractivity contribution in [3.63, 3.8) is 0 Å². The number of fused-ring (bicyclic) bond motifs is 1. The van der Waals surface area contributed by atoms with Gasteiger partial charge in [0.15, 0.2) is 11.5 Å². The van der Waals surface area contributed by atoms with Gasteiger partial charge in [0.25, 0.3) is 0 Å². The van der Waals surface area contributed by atoms with Crippen molar-refractivity contribution in [3.05, 3.63) is 22.7 Å². The lowest BCUT2D eigenvalue weighted by Gasteiger charge is -2.25. The van der Waals surface area contributed by atoms with Crippen LogP contribution in [0.3, 0.4) is 0 Å². The Morgan fingerprint density at radius 1 is 1.11 bits per heavy atom. The van der Waals surface area contributed by atoms with E-state index in [4.69, 9.17) is 26.8 Å². The Kier molecular flexibility index (Phi) is 4.58. The van der Waals surface area contributed by atoms with Gasteiger partial charge < -0.3 is 15.2 Å². The smallest absolute Gasteiger partial charge is 0.162 e. The number of benzene rings is 1. The van der Waals surface area contributed by atoms with Gasteiger partial charge in [0.05, 0.1) is 13.2 Å². The van der Waals surface area contributed by atoms with Crippen LogP contribution in [-0.2, 0) is 0 Å². The van der Waals surface area contributed by atoms with Crippen LogP contribution in [0.1, 0.15) is 38.8 Å². The second-order valence-corrected chi connectivity index (χ2v) is 5.91. The van der Waals surface area contributed by atoms with Crippen LogP contribution in [0.5, 0.6) is 11.5 Å². The molecular formula is C15H22ClNO2. The lowest BCUT2D eigenvalue weighted by Crippen LogP contribution is -2.23. The minimum absolute atomic E-state index is 0.0929. The fourth-order valence-corrected chi connectivity index (χ4v) is 2.43. The molecule has 2 atom stereocenters. The Labute approximate surface area is 120 Å². The van der Waals surface area contributed by atoms with Crippen molar-refractivity contribution in [3.8, 4) is 11.5 Å². The summed E-state index contributed by atoms with van der Waals surface area (Å²) < 4.78 is 11.3. The maximum Gasteiger partial charge on any atom is 0.162 e. The van der Waals surface area contributed by atoms with Crippen molar-refractivity contribution in [2.24, 2.45) is 17.6 Å². The monoisotopic (exact) mass is 283 g/mol. The second-order valence-electron chi connectivity index (χ2n) is 5.50. The van der Waals surface area contributed by atoms with Gasteiger partial charge >= 0.3 is 0 Å². The summed E-state index contributed by atoms with van der Waals surface area (Å²) in [5, 5.41) is 0.657. The Morgan fingerprint density at radius 2 is 1.68 bits per heavy atom. The average molecular weight is 284 g/mol. The summed E-state index contributed by atoms with van der Waals surface area (Å²) in [5.74, 6) is 2.32. The van der Waals surface area contributed by atoms with Gasteiger partial charge in [-0.25, -0.2) is 0 Å². The standard InChI is InChI=1S/C15H22ClNO2/c1-9(2)10(3)15(17)11-7-13-14(8-12(11)16)19-6-4-5-18-13/h7-10,15H,4-6,17H2,1-3H3. The number of hydrogen-bond acceptors (Lipinski definition) is 3. The number of nitrogens with two attached hydrogens (primary N) is 1. The summed E-state index contributed by atoms with van der Waals surface area (Å²) in [6, 6.07) is 3.67. The predicted molar refractivity (Wildman–Crippen MR) is 78.0 cm³/mol. The predicted octanol–water partition coefficient (Wildman–Crippen LogP) is 3.79. The van der Waals surface area contributed by atoms with Gasteiger partial charge in [-0.3, -0.25) is 0 Å². The lowest BCUT2D eigenvalue weighted by molar-refractivity contribution is 0.296. The first-order valence-corrected chi connectivity index (χ1v) is 7.23. The summed E-state index contributed by atoms with van der Waals surface area (Å²) in [5.41, 5.74) is 7.27. The van der Waals surface area contributed by atoms with Gasteiger partial charge in [0.1, 0.15) is 0 Å². The van der Waals surface area contributed by atoms with Gasteiger partial charge in [0.2, 0.25) is 0 Å². The van der Waals surface area contributed by atoms with E-state index in [9.17, 15) is 0 Å². The first-order chi connectivity index (χ1) is 9.00. The minimum Gasteiger partial charge on any atom is -0.490 e. The van der Waals surface area contributed by atoms with Crippen LogP contribution in [0.25, 0.3) is 0 Å². The molecule has 0 saturated heterocycles. The molecule has 0 bridgehead atoms. The van der Waals surface area contributed by atoms with E-state index in [0.717, 1.165) is 23.5 Å². The summed E-state index contributed by atoms with van der Waals surface area (Å²) in [6.07, 6.45) is 0.885. The Balaban J connectivity index is 2.33. The van der Waals surface area contributed by atoms with Crippen molar-refractivity contribution in [1.82, 2.24) is 0 Å². The zero-order valence-corrected chi connectivity index (χ0v) is 12.5. The molecule has 0 radical (unpaired) electrons. The highest BCUT2D eigenvalue weighted by Crippen LogP contribution is 2.39. The number of hydrogen-bond donors (Lipinski definition) is 1. The molecule has 0 amide bonds. The fraction of sp³-hybridized carbons (Fsp3) is 0.600. The van der Waals surface area contributed by atoms with E-state index in [1.54, 1.807) is 0 Å². The van der Waals surface area contributed by atoms with Gasteiger partial charge in [-0.2, -0.15) is 0 Å². The van der Waals surface area contributed by atoms with Gasteiger partial charge in [-0.05, 0) is 23.5 Å². The van der Waals surface area contributed by atoms with Crippen molar-refractivity contribution in [1.29, 1.82) is 0 Å². The first kappa shape index (κ1) is 14.5. The SMILES string of the molecule is CC(C)C(C)C(N)c1cc2c(cc1Cl)OCCCO2. The topological polar surface area (TPSA) is 44.5 Å². The van der Waals surface area contributed by atoms with Crippen molar-refractivity contribution in [2.75, 3.05) is 13.2 Å². The van der Waals surface area contributed by atoms with Crippen LogP contribution >= 0.6 is 11.6 Å². The Hall–Kier alpha value is -0.930. The number of rotatable bonds is 3. The molecule has 2 unspecified atom stereocenters. The van der Waals surface area contributed by atoms with Crippen molar-refractivity contribution in [2.45, 2.75) is 33.2 Å². The van der Waals surface area contributed by atoms with Gasteiger partial charge in [0, 0.05) is 23.6 Å². The number of halogens is 1. The minimum atomic E-state index is -0.0929. The van der Waals surface area contributed by atoms with Gasteiger partial charge in [-0.15, -0.1) is 0 Å². The van der Waals surface area contributed by atoms with Crippen LogP contribution in [-0.4, -0.2) is 13.2 Å². The van der Waals surface area contributed by atoms with Crippen molar-refractivity contribution >= 4 is 11.6 Å². The van der Waals surface area contributed by atoms with Crippen LogP contribution in [0.15, 0.2) is 12.1 Å². The molecule has 0 spiro atoms. The quantitative estimate of drug-likeness (QED) is 0.918. The zero-order valence-electron chi connectivity index (χ0n) is 11.8. The van der Waals surface area contributed by atoms with Gasteiger partial charge in [-0.1, -0.05) is 32.4 Å². The van der Waals surface area contributed by atoms with Crippen LogP contribution < -0.4 is 15.2 Å². The maximum atomic E-state index is 6.34. The molecule has 0 aliphatic carbocycles. The molecule has 1 aliphatic heterocycles. The molecule has 1 aromatic carbocycles. The second kappa shape index (κ2) is 6.02. The maximum absolute atomic E-state index is 6.34. The highest BCUT2D eigenvalue weighted by atomic mass is 35.5. The highest BCUT2D eigenvalue weighted by molar-refractivity contribution is 6.31. The molecule has 0 aromatic heterocycles. The molecule has 0 fully saturated rings. The van der Waals surface area contributed by atoms with Crippen LogP contribution in [0.4, 0.5) is 0 Å². The van der Waals surface area contributed by atoms with E-state index in [0.29, 0.717) is 30.1 Å². The third kappa shape index (κ3) is 3.15. The molecule has 3 nitrogen and oxygen atoms in total. The van der Waals surface area contributed by atoms with Crippen LogP contribution in [0, 0.1) is 11.8 Å². The molecule has 19 heavy (non-hydrogen) atoms. The van der Waals surface area contributed by atoms with E-state index in [1.165, 1.54) is 0 Å². The van der Waals surface area contributed by atoms with E-state index in [-0.39, 0.29) is 6.04 Å². The van der Waals surface area contributed by atoms with E-state index in [1.807, 2.05) is 12.1 Å². The van der Waals surface area contributed by atoms with Crippen LogP contribution in [0.2, 0.25) is 5.02 Å². The molecule has 1 aromatic rings. The number of ether oxygens (including phenoxy) is 2. The normalized spacial score (nSPS) is 18.0. The molecule has 1 aliphatic rings. The molecule has 4 heteroatoms. The largest absolute Gasteiger partial charge is 0.490 e. The summed E-state index contributed by atoms with van der Waals surface area (Å²) in [6.45, 7) is 7.82. The Bertz CT molecular complexity index is 448. The van der Waals surface area contributed by atoms with Crippen molar-refractivity contribution < 1.29 is 9.47 Å². The first-order valence-electron chi connectivity index (χ1n) is 6.85.